The van der Waals surface area contributed by atoms with Crippen molar-refractivity contribution in [3.8, 4) is 11.5 Å². The summed E-state index contributed by atoms with van der Waals surface area (Å²) in [6.45, 7) is 3.84. The second kappa shape index (κ2) is 6.13. The number of hydrogen-bond donors (Lipinski definition) is 1. The van der Waals surface area contributed by atoms with Gasteiger partial charge in [-0.1, -0.05) is 18.5 Å². The van der Waals surface area contributed by atoms with Gasteiger partial charge in [-0.05, 0) is 37.6 Å². The van der Waals surface area contributed by atoms with Crippen LogP contribution in [0, 0.1) is 6.92 Å². The highest BCUT2D eigenvalue weighted by Gasteiger charge is 2.06. The predicted octanol–water partition coefficient (Wildman–Crippen LogP) is 3.17. The molecule has 1 amide bonds. The molecule has 0 bridgehead atoms. The van der Waals surface area contributed by atoms with Crippen LogP contribution in [0.2, 0.25) is 0 Å². The Kier molecular flexibility index (Phi) is 4.28. The van der Waals surface area contributed by atoms with E-state index in [-0.39, 0.29) is 5.91 Å². The molecule has 19 heavy (non-hydrogen) atoms. The largest absolute Gasteiger partial charge is 0.334 e. The molecule has 5 nitrogen and oxygen atoms in total. The predicted molar refractivity (Wildman–Crippen MR) is 72.6 cm³/mol. The third-order valence-corrected chi connectivity index (χ3v) is 2.70. The van der Waals surface area contributed by atoms with E-state index in [9.17, 15) is 4.79 Å². The molecule has 0 aliphatic rings. The Labute approximate surface area is 112 Å². The van der Waals surface area contributed by atoms with E-state index in [0.29, 0.717) is 18.1 Å². The number of amides is 1. The standard InChI is InChI=1S/C14H17N3O2/c1-3-4-5-13(18)16-12-8-6-11(7-9-12)14-15-10(2)17-19-14/h6-9H,3-5H2,1-2H3,(H,16,18). The van der Waals surface area contributed by atoms with Crippen LogP contribution in [0.4, 0.5) is 5.69 Å². The maximum Gasteiger partial charge on any atom is 0.257 e. The third-order valence-electron chi connectivity index (χ3n) is 2.70. The monoisotopic (exact) mass is 259 g/mol. The lowest BCUT2D eigenvalue weighted by molar-refractivity contribution is -0.116. The van der Waals surface area contributed by atoms with Gasteiger partial charge in [-0.15, -0.1) is 0 Å². The number of nitrogens with zero attached hydrogens (tertiary/aromatic N) is 2. The van der Waals surface area contributed by atoms with Gasteiger partial charge < -0.3 is 9.84 Å². The Balaban J connectivity index is 2.00. The molecule has 2 rings (SSSR count). The molecular weight excluding hydrogens is 242 g/mol. The van der Waals surface area contributed by atoms with Crippen LogP contribution < -0.4 is 5.32 Å². The average Bonchev–Trinajstić information content (AvgIpc) is 2.84. The van der Waals surface area contributed by atoms with Gasteiger partial charge in [0.1, 0.15) is 0 Å². The Morgan fingerprint density at radius 2 is 2.05 bits per heavy atom. The molecule has 0 saturated heterocycles. The quantitative estimate of drug-likeness (QED) is 0.895. The molecule has 0 fully saturated rings. The van der Waals surface area contributed by atoms with E-state index in [4.69, 9.17) is 4.52 Å². The summed E-state index contributed by atoms with van der Waals surface area (Å²) in [7, 11) is 0. The van der Waals surface area contributed by atoms with Gasteiger partial charge in [0.2, 0.25) is 5.91 Å². The molecule has 0 atom stereocenters. The van der Waals surface area contributed by atoms with E-state index in [1.165, 1.54) is 0 Å². The summed E-state index contributed by atoms with van der Waals surface area (Å²) < 4.78 is 5.08. The van der Waals surface area contributed by atoms with Crippen molar-refractivity contribution in [1.82, 2.24) is 10.1 Å². The second-order valence-electron chi connectivity index (χ2n) is 4.38. The number of aryl methyl sites for hydroxylation is 1. The van der Waals surface area contributed by atoms with E-state index in [2.05, 4.69) is 22.4 Å². The van der Waals surface area contributed by atoms with Gasteiger partial charge in [0.05, 0.1) is 0 Å². The van der Waals surface area contributed by atoms with Crippen molar-refractivity contribution in [3.05, 3.63) is 30.1 Å². The molecule has 0 aliphatic heterocycles. The third kappa shape index (κ3) is 3.64. The summed E-state index contributed by atoms with van der Waals surface area (Å²) in [6.07, 6.45) is 2.48. The maximum absolute atomic E-state index is 11.6. The zero-order chi connectivity index (χ0) is 13.7. The molecule has 5 heteroatoms. The minimum absolute atomic E-state index is 0.0447. The molecule has 1 aromatic carbocycles. The summed E-state index contributed by atoms with van der Waals surface area (Å²) in [6, 6.07) is 7.36. The molecule has 0 saturated carbocycles. The first-order chi connectivity index (χ1) is 9.19. The second-order valence-corrected chi connectivity index (χ2v) is 4.38. The molecule has 2 aromatic rings. The summed E-state index contributed by atoms with van der Waals surface area (Å²) in [5, 5.41) is 6.60. The van der Waals surface area contributed by atoms with Crippen molar-refractivity contribution in [2.75, 3.05) is 5.32 Å². The van der Waals surface area contributed by atoms with Crippen LogP contribution >= 0.6 is 0 Å². The van der Waals surface area contributed by atoms with E-state index >= 15 is 0 Å². The van der Waals surface area contributed by atoms with Crippen molar-refractivity contribution < 1.29 is 9.32 Å². The average molecular weight is 259 g/mol. The van der Waals surface area contributed by atoms with E-state index in [1.807, 2.05) is 24.3 Å². The van der Waals surface area contributed by atoms with E-state index in [1.54, 1.807) is 6.92 Å². The van der Waals surface area contributed by atoms with Crippen LogP contribution in [0.1, 0.15) is 32.0 Å². The van der Waals surface area contributed by atoms with Crippen LogP contribution in [0.25, 0.3) is 11.5 Å². The summed E-state index contributed by atoms with van der Waals surface area (Å²) in [5.74, 6) is 1.14. The van der Waals surface area contributed by atoms with Crippen molar-refractivity contribution in [2.24, 2.45) is 0 Å². The van der Waals surface area contributed by atoms with E-state index < -0.39 is 0 Å². The molecule has 1 N–H and O–H groups in total. The van der Waals surface area contributed by atoms with Crippen LogP contribution in [0.3, 0.4) is 0 Å². The topological polar surface area (TPSA) is 68.0 Å². The molecular formula is C14H17N3O2. The highest BCUT2D eigenvalue weighted by molar-refractivity contribution is 5.90. The smallest absolute Gasteiger partial charge is 0.257 e. The summed E-state index contributed by atoms with van der Waals surface area (Å²) in [4.78, 5) is 15.7. The Morgan fingerprint density at radius 1 is 1.32 bits per heavy atom. The number of carbonyl (C=O) groups is 1. The van der Waals surface area contributed by atoms with Crippen molar-refractivity contribution in [1.29, 1.82) is 0 Å². The summed E-state index contributed by atoms with van der Waals surface area (Å²) in [5.41, 5.74) is 1.62. The molecule has 0 aliphatic carbocycles. The zero-order valence-electron chi connectivity index (χ0n) is 11.1. The normalized spacial score (nSPS) is 10.4. The lowest BCUT2D eigenvalue weighted by atomic mass is 10.2. The Morgan fingerprint density at radius 3 is 2.63 bits per heavy atom. The molecule has 1 heterocycles. The van der Waals surface area contributed by atoms with Crippen LogP contribution in [-0.2, 0) is 4.79 Å². The number of nitrogens with one attached hydrogen (secondary N) is 1. The van der Waals surface area contributed by atoms with Gasteiger partial charge in [-0.25, -0.2) is 0 Å². The zero-order valence-corrected chi connectivity index (χ0v) is 11.1. The highest BCUT2D eigenvalue weighted by Crippen LogP contribution is 2.19. The van der Waals surface area contributed by atoms with Gasteiger partial charge in [0.25, 0.3) is 5.89 Å². The lowest BCUT2D eigenvalue weighted by Crippen LogP contribution is -2.10. The fraction of sp³-hybridized carbons (Fsp3) is 0.357. The molecule has 0 unspecified atom stereocenters. The molecule has 100 valence electrons. The number of unbranched alkanes of at least 4 members (excludes halogenated alkanes) is 1. The number of rotatable bonds is 5. The SMILES string of the molecule is CCCCC(=O)Nc1ccc(-c2nc(C)no2)cc1. The number of benzene rings is 1. The van der Waals surface area contributed by atoms with Crippen LogP contribution in [0.15, 0.2) is 28.8 Å². The molecule has 1 aromatic heterocycles. The van der Waals surface area contributed by atoms with Crippen molar-refractivity contribution in [3.63, 3.8) is 0 Å². The number of carbonyl (C=O) groups excluding carboxylic acids is 1. The molecule has 0 spiro atoms. The van der Waals surface area contributed by atoms with Gasteiger partial charge >= 0.3 is 0 Å². The Hall–Kier alpha value is -2.17. The fourth-order valence-electron chi connectivity index (χ4n) is 1.67. The van der Waals surface area contributed by atoms with Crippen LogP contribution in [0.5, 0.6) is 0 Å². The lowest BCUT2D eigenvalue weighted by Gasteiger charge is -2.04. The highest BCUT2D eigenvalue weighted by atomic mass is 16.5. The first kappa shape index (κ1) is 13.3. The minimum Gasteiger partial charge on any atom is -0.334 e. The van der Waals surface area contributed by atoms with Crippen molar-refractivity contribution >= 4 is 11.6 Å². The van der Waals surface area contributed by atoms with Gasteiger partial charge in [-0.3, -0.25) is 4.79 Å². The van der Waals surface area contributed by atoms with Gasteiger partial charge in [0.15, 0.2) is 5.82 Å². The molecule has 0 radical (unpaired) electrons. The minimum atomic E-state index is 0.0447. The Bertz CT molecular complexity index is 546. The first-order valence-corrected chi connectivity index (χ1v) is 6.39. The van der Waals surface area contributed by atoms with Crippen LogP contribution in [-0.4, -0.2) is 16.0 Å². The van der Waals surface area contributed by atoms with Gasteiger partial charge in [0, 0.05) is 17.7 Å². The first-order valence-electron chi connectivity index (χ1n) is 6.39. The number of anilines is 1. The van der Waals surface area contributed by atoms with E-state index in [0.717, 1.165) is 24.1 Å². The maximum atomic E-state index is 11.6. The summed E-state index contributed by atoms with van der Waals surface area (Å²) >= 11 is 0. The van der Waals surface area contributed by atoms with Gasteiger partial charge in [-0.2, -0.15) is 4.98 Å². The van der Waals surface area contributed by atoms with Crippen molar-refractivity contribution in [2.45, 2.75) is 33.1 Å². The fourth-order valence-corrected chi connectivity index (χ4v) is 1.67. The number of hydrogen-bond acceptors (Lipinski definition) is 4. The number of aromatic nitrogens is 2.